The van der Waals surface area contributed by atoms with Gasteiger partial charge in [-0.1, -0.05) is 58.6 Å². The number of ether oxygens (including phenoxy) is 1. The van der Waals surface area contributed by atoms with Crippen molar-refractivity contribution >= 4 is 39.5 Å². The highest BCUT2D eigenvalue weighted by Crippen LogP contribution is 2.27. The first-order valence-electron chi connectivity index (χ1n) is 9.15. The third kappa shape index (κ3) is 5.37. The van der Waals surface area contributed by atoms with Gasteiger partial charge in [-0.3, -0.25) is 4.79 Å². The van der Waals surface area contributed by atoms with Crippen molar-refractivity contribution in [2.24, 2.45) is 0 Å². The smallest absolute Gasteiger partial charge is 0.262 e. The third-order valence-electron chi connectivity index (χ3n) is 4.67. The Morgan fingerprint density at radius 2 is 2.04 bits per heavy atom. The number of carbonyl (C=O) groups excluding carboxylic acids is 1. The second kappa shape index (κ2) is 9.77. The number of carbonyl (C=O) groups is 1. The molecule has 6 heteroatoms. The number of hydrogen-bond acceptors (Lipinski definition) is 3. The van der Waals surface area contributed by atoms with E-state index in [-0.39, 0.29) is 24.1 Å². The first kappa shape index (κ1) is 20.4. The molecule has 0 unspecified atom stereocenters. The van der Waals surface area contributed by atoms with Gasteiger partial charge in [-0.05, 0) is 43.2 Å². The first-order valence-corrected chi connectivity index (χ1v) is 10.3. The quantitative estimate of drug-likeness (QED) is 0.449. The summed E-state index contributed by atoms with van der Waals surface area (Å²) in [4.78, 5) is 12.5. The van der Waals surface area contributed by atoms with Gasteiger partial charge < -0.3 is 10.1 Å². The number of nitriles is 1. The SMILES string of the molecule is N#C/C(=C/c1cc(Br)ccc1OCc1ccccc1Cl)C(=O)NC1CCCC1. The van der Waals surface area contributed by atoms with Crippen molar-refractivity contribution in [1.82, 2.24) is 5.32 Å². The van der Waals surface area contributed by atoms with Gasteiger partial charge in [-0.25, -0.2) is 0 Å². The fourth-order valence-corrected chi connectivity index (χ4v) is 3.74. The zero-order valence-electron chi connectivity index (χ0n) is 15.3. The Balaban J connectivity index is 1.80. The van der Waals surface area contributed by atoms with Crippen molar-refractivity contribution in [3.63, 3.8) is 0 Å². The maximum absolute atomic E-state index is 12.5. The lowest BCUT2D eigenvalue weighted by Gasteiger charge is -2.13. The minimum atomic E-state index is -0.341. The number of benzene rings is 2. The molecule has 1 aliphatic carbocycles. The van der Waals surface area contributed by atoms with E-state index in [4.69, 9.17) is 16.3 Å². The standard InChI is InChI=1S/C22H20BrClN2O2/c23-18-9-10-21(28-14-15-5-1-4-8-20(15)24)16(12-18)11-17(13-25)22(27)26-19-6-2-3-7-19/h1,4-5,8-12,19H,2-3,6-7,14H2,(H,26,27)/b17-11-. The summed E-state index contributed by atoms with van der Waals surface area (Å²) in [6.45, 7) is 0.290. The van der Waals surface area contributed by atoms with Gasteiger partial charge in [0.05, 0.1) is 0 Å². The largest absolute Gasteiger partial charge is 0.488 e. The Labute approximate surface area is 178 Å². The normalized spacial score (nSPS) is 14.5. The van der Waals surface area contributed by atoms with E-state index >= 15 is 0 Å². The summed E-state index contributed by atoms with van der Waals surface area (Å²) in [6.07, 6.45) is 5.72. The van der Waals surface area contributed by atoms with E-state index in [9.17, 15) is 10.1 Å². The van der Waals surface area contributed by atoms with E-state index in [0.29, 0.717) is 16.3 Å². The molecule has 0 radical (unpaired) electrons. The van der Waals surface area contributed by atoms with Crippen LogP contribution < -0.4 is 10.1 Å². The lowest BCUT2D eigenvalue weighted by atomic mass is 10.1. The van der Waals surface area contributed by atoms with Crippen LogP contribution in [0.15, 0.2) is 52.5 Å². The van der Waals surface area contributed by atoms with Crippen LogP contribution >= 0.6 is 27.5 Å². The predicted molar refractivity (Wildman–Crippen MR) is 114 cm³/mol. The van der Waals surface area contributed by atoms with Crippen LogP contribution in [-0.4, -0.2) is 11.9 Å². The minimum Gasteiger partial charge on any atom is -0.488 e. The Bertz CT molecular complexity index is 930. The number of nitrogens with one attached hydrogen (secondary N) is 1. The van der Waals surface area contributed by atoms with Crippen LogP contribution in [0.4, 0.5) is 0 Å². The van der Waals surface area contributed by atoms with Crippen molar-refractivity contribution in [2.45, 2.75) is 38.3 Å². The van der Waals surface area contributed by atoms with Gasteiger partial charge in [0.15, 0.2) is 0 Å². The second-order valence-electron chi connectivity index (χ2n) is 6.69. The molecule has 1 amide bonds. The molecule has 1 N–H and O–H groups in total. The molecule has 0 bridgehead atoms. The van der Waals surface area contributed by atoms with Crippen LogP contribution in [0.3, 0.4) is 0 Å². The fourth-order valence-electron chi connectivity index (χ4n) is 3.17. The highest BCUT2D eigenvalue weighted by Gasteiger charge is 2.19. The van der Waals surface area contributed by atoms with Gasteiger partial charge in [0, 0.05) is 26.7 Å². The van der Waals surface area contributed by atoms with E-state index in [1.54, 1.807) is 12.1 Å². The molecule has 0 aromatic heterocycles. The summed E-state index contributed by atoms with van der Waals surface area (Å²) in [6, 6.07) is 15.1. The van der Waals surface area contributed by atoms with Gasteiger partial charge in [0.2, 0.25) is 0 Å². The van der Waals surface area contributed by atoms with Gasteiger partial charge >= 0.3 is 0 Å². The van der Waals surface area contributed by atoms with Crippen LogP contribution in [0, 0.1) is 11.3 Å². The first-order chi connectivity index (χ1) is 13.6. The molecule has 144 valence electrons. The third-order valence-corrected chi connectivity index (χ3v) is 5.53. The molecule has 2 aromatic carbocycles. The average Bonchev–Trinajstić information content (AvgIpc) is 3.19. The average molecular weight is 460 g/mol. The van der Waals surface area contributed by atoms with Crippen LogP contribution in [0.25, 0.3) is 6.08 Å². The zero-order chi connectivity index (χ0) is 19.9. The maximum Gasteiger partial charge on any atom is 0.262 e. The number of amides is 1. The molecule has 0 atom stereocenters. The molecule has 0 saturated heterocycles. The highest BCUT2D eigenvalue weighted by atomic mass is 79.9. The summed E-state index contributed by atoms with van der Waals surface area (Å²) in [5.41, 5.74) is 1.58. The predicted octanol–water partition coefficient (Wildman–Crippen LogP) is 5.65. The summed E-state index contributed by atoms with van der Waals surface area (Å²) in [7, 11) is 0. The molecule has 4 nitrogen and oxygen atoms in total. The van der Waals surface area contributed by atoms with Crippen LogP contribution in [-0.2, 0) is 11.4 Å². The minimum absolute atomic E-state index is 0.0626. The van der Waals surface area contributed by atoms with Crippen molar-refractivity contribution in [3.8, 4) is 11.8 Å². The molecule has 1 saturated carbocycles. The summed E-state index contributed by atoms with van der Waals surface area (Å²) in [5.74, 6) is 0.232. The fraction of sp³-hybridized carbons (Fsp3) is 0.273. The Morgan fingerprint density at radius 1 is 1.29 bits per heavy atom. The summed E-state index contributed by atoms with van der Waals surface area (Å²) >= 11 is 9.62. The summed E-state index contributed by atoms with van der Waals surface area (Å²) < 4.78 is 6.76. The van der Waals surface area contributed by atoms with Gasteiger partial charge in [-0.15, -0.1) is 0 Å². The molecule has 1 aliphatic rings. The van der Waals surface area contributed by atoms with Crippen molar-refractivity contribution in [1.29, 1.82) is 5.26 Å². The second-order valence-corrected chi connectivity index (χ2v) is 8.01. The van der Waals surface area contributed by atoms with E-state index in [1.807, 2.05) is 42.5 Å². The topological polar surface area (TPSA) is 62.1 Å². The number of hydrogen-bond donors (Lipinski definition) is 1. The molecular formula is C22H20BrClN2O2. The lowest BCUT2D eigenvalue weighted by Crippen LogP contribution is -2.33. The lowest BCUT2D eigenvalue weighted by molar-refractivity contribution is -0.117. The summed E-state index contributed by atoms with van der Waals surface area (Å²) in [5, 5.41) is 13.1. The van der Waals surface area contributed by atoms with Crippen LogP contribution in [0.1, 0.15) is 36.8 Å². The molecule has 28 heavy (non-hydrogen) atoms. The van der Waals surface area contributed by atoms with E-state index in [0.717, 1.165) is 35.7 Å². The molecule has 1 fully saturated rings. The van der Waals surface area contributed by atoms with E-state index in [1.165, 1.54) is 0 Å². The zero-order valence-corrected chi connectivity index (χ0v) is 17.6. The number of halogens is 2. The molecular weight excluding hydrogens is 440 g/mol. The molecule has 0 aliphatic heterocycles. The van der Waals surface area contributed by atoms with E-state index < -0.39 is 0 Å². The van der Waals surface area contributed by atoms with Crippen LogP contribution in [0.2, 0.25) is 5.02 Å². The van der Waals surface area contributed by atoms with Crippen LogP contribution in [0.5, 0.6) is 5.75 Å². The molecule has 2 aromatic rings. The van der Waals surface area contributed by atoms with Gasteiger partial charge in [0.25, 0.3) is 5.91 Å². The Kier molecular flexibility index (Phi) is 7.13. The highest BCUT2D eigenvalue weighted by molar-refractivity contribution is 9.10. The van der Waals surface area contributed by atoms with Crippen molar-refractivity contribution in [2.75, 3.05) is 0 Å². The molecule has 3 rings (SSSR count). The maximum atomic E-state index is 12.5. The van der Waals surface area contributed by atoms with Gasteiger partial charge in [-0.2, -0.15) is 5.26 Å². The number of rotatable bonds is 6. The van der Waals surface area contributed by atoms with Crippen molar-refractivity contribution in [3.05, 3.63) is 68.7 Å². The van der Waals surface area contributed by atoms with Gasteiger partial charge in [0.1, 0.15) is 24.0 Å². The Morgan fingerprint density at radius 3 is 2.75 bits per heavy atom. The van der Waals surface area contributed by atoms with E-state index in [2.05, 4.69) is 21.2 Å². The number of nitrogens with zero attached hydrogens (tertiary/aromatic N) is 1. The monoisotopic (exact) mass is 458 g/mol. The van der Waals surface area contributed by atoms with Crippen molar-refractivity contribution < 1.29 is 9.53 Å². The molecule has 0 heterocycles. The molecule has 0 spiro atoms. The Hall–Kier alpha value is -2.29.